The number of rotatable bonds is 7. The van der Waals surface area contributed by atoms with E-state index in [-0.39, 0.29) is 11.9 Å². The molecule has 4 rings (SSSR count). The second-order valence-corrected chi connectivity index (χ2v) is 6.92. The lowest BCUT2D eigenvalue weighted by molar-refractivity contribution is -0.128. The van der Waals surface area contributed by atoms with Gasteiger partial charge in [0, 0.05) is 44.1 Å². The van der Waals surface area contributed by atoms with Crippen molar-refractivity contribution in [2.24, 2.45) is 0 Å². The van der Waals surface area contributed by atoms with Crippen molar-refractivity contribution >= 4 is 5.91 Å². The van der Waals surface area contributed by atoms with Gasteiger partial charge in [-0.2, -0.15) is 0 Å². The maximum Gasteiger partial charge on any atom is 0.222 e. The minimum atomic E-state index is 0.126. The van der Waals surface area contributed by atoms with Crippen molar-refractivity contribution in [1.82, 2.24) is 19.8 Å². The number of hydrogen-bond acceptors (Lipinski definition) is 3. The van der Waals surface area contributed by atoms with Gasteiger partial charge in [-0.15, -0.1) is 0 Å². The number of amides is 1. The number of imidazole rings is 1. The molecule has 3 aromatic rings. The summed E-state index contributed by atoms with van der Waals surface area (Å²) < 4.78 is 1.99. The van der Waals surface area contributed by atoms with E-state index < -0.39 is 0 Å². The number of nitrogens with zero attached hydrogens (tertiary/aromatic N) is 3. The first kappa shape index (κ1) is 17.5. The van der Waals surface area contributed by atoms with Crippen LogP contribution in [0.25, 0.3) is 5.69 Å². The average Bonchev–Trinajstić information content (AvgIpc) is 3.38. The Balaban J connectivity index is 1.44. The van der Waals surface area contributed by atoms with Gasteiger partial charge < -0.3 is 14.8 Å². The number of carbonyl (C=O) groups excluding carboxylic acids is 1. The molecule has 2 aromatic carbocycles. The summed E-state index contributed by atoms with van der Waals surface area (Å²) in [5.74, 6) is 0.266. The van der Waals surface area contributed by atoms with Crippen LogP contribution in [0.4, 0.5) is 0 Å². The molecule has 1 fully saturated rings. The van der Waals surface area contributed by atoms with Crippen LogP contribution in [0.2, 0.25) is 0 Å². The van der Waals surface area contributed by atoms with Gasteiger partial charge in [0.25, 0.3) is 0 Å². The Hall–Kier alpha value is -2.92. The number of nitrogens with one attached hydrogen (secondary N) is 1. The highest BCUT2D eigenvalue weighted by Crippen LogP contribution is 2.19. The lowest BCUT2D eigenvalue weighted by atomic mass is 10.1. The summed E-state index contributed by atoms with van der Waals surface area (Å²) in [6.07, 6.45) is 7.16. The number of aromatic nitrogens is 2. The standard InChI is InChI=1S/C22H24N4O/c27-22-7-4-13-25(22)16-21(19-5-2-1-3-6-19)24-15-18-8-10-20(11-9-18)26-14-12-23-17-26/h1-3,5-6,8-12,14,17,21,24H,4,7,13,15-16H2/t21-/m1/s1. The fourth-order valence-electron chi connectivity index (χ4n) is 3.53. The Bertz CT molecular complexity index is 859. The molecule has 1 atom stereocenters. The third kappa shape index (κ3) is 4.26. The second kappa shape index (κ2) is 8.18. The molecule has 2 heterocycles. The highest BCUT2D eigenvalue weighted by atomic mass is 16.2. The lowest BCUT2D eigenvalue weighted by Crippen LogP contribution is -2.35. The topological polar surface area (TPSA) is 50.2 Å². The van der Waals surface area contributed by atoms with E-state index in [1.54, 1.807) is 12.5 Å². The molecule has 0 radical (unpaired) electrons. The number of benzene rings is 2. The zero-order valence-corrected chi connectivity index (χ0v) is 15.3. The van der Waals surface area contributed by atoms with E-state index in [0.717, 1.165) is 31.7 Å². The molecular formula is C22H24N4O. The molecule has 0 unspecified atom stereocenters. The first-order chi connectivity index (χ1) is 13.3. The Morgan fingerprint density at radius 1 is 1.07 bits per heavy atom. The largest absolute Gasteiger partial charge is 0.341 e. The maximum atomic E-state index is 12.1. The van der Waals surface area contributed by atoms with Crippen molar-refractivity contribution in [1.29, 1.82) is 0 Å². The van der Waals surface area contributed by atoms with E-state index in [9.17, 15) is 4.79 Å². The van der Waals surface area contributed by atoms with E-state index in [2.05, 4.69) is 58.8 Å². The van der Waals surface area contributed by atoms with Crippen molar-refractivity contribution < 1.29 is 4.79 Å². The minimum Gasteiger partial charge on any atom is -0.341 e. The first-order valence-electron chi connectivity index (χ1n) is 9.43. The molecule has 1 N–H and O–H groups in total. The van der Waals surface area contributed by atoms with Crippen LogP contribution in [0.3, 0.4) is 0 Å². The van der Waals surface area contributed by atoms with Crippen LogP contribution in [0.15, 0.2) is 73.3 Å². The number of carbonyl (C=O) groups is 1. The van der Waals surface area contributed by atoms with Crippen LogP contribution in [0, 0.1) is 0 Å². The van der Waals surface area contributed by atoms with E-state index in [1.807, 2.05) is 21.7 Å². The van der Waals surface area contributed by atoms with Gasteiger partial charge >= 0.3 is 0 Å². The second-order valence-electron chi connectivity index (χ2n) is 6.92. The lowest BCUT2D eigenvalue weighted by Gasteiger charge is -2.25. The molecule has 0 aliphatic carbocycles. The fourth-order valence-corrected chi connectivity index (χ4v) is 3.53. The van der Waals surface area contributed by atoms with Gasteiger partial charge in [-0.1, -0.05) is 42.5 Å². The Morgan fingerprint density at radius 2 is 1.89 bits per heavy atom. The summed E-state index contributed by atoms with van der Waals surface area (Å²) in [5, 5.41) is 3.64. The predicted octanol–water partition coefficient (Wildman–Crippen LogP) is 3.33. The number of hydrogen-bond donors (Lipinski definition) is 1. The summed E-state index contributed by atoms with van der Waals surface area (Å²) in [6, 6.07) is 19.0. The molecule has 0 spiro atoms. The SMILES string of the molecule is O=C1CCCN1C[C@@H](NCc1ccc(-n2ccnc2)cc1)c1ccccc1. The Kier molecular flexibility index (Phi) is 5.30. The van der Waals surface area contributed by atoms with Gasteiger partial charge in [-0.3, -0.25) is 4.79 Å². The van der Waals surface area contributed by atoms with Crippen molar-refractivity contribution in [3.8, 4) is 5.69 Å². The Morgan fingerprint density at radius 3 is 2.56 bits per heavy atom. The molecule has 0 bridgehead atoms. The van der Waals surface area contributed by atoms with Crippen LogP contribution in [-0.4, -0.2) is 33.4 Å². The first-order valence-corrected chi connectivity index (χ1v) is 9.43. The predicted molar refractivity (Wildman–Crippen MR) is 105 cm³/mol. The van der Waals surface area contributed by atoms with Gasteiger partial charge in [0.2, 0.25) is 5.91 Å². The van der Waals surface area contributed by atoms with Gasteiger partial charge in [0.15, 0.2) is 0 Å². The van der Waals surface area contributed by atoms with Crippen molar-refractivity contribution in [3.05, 3.63) is 84.4 Å². The number of likely N-dealkylation sites (tertiary alicyclic amines) is 1. The highest BCUT2D eigenvalue weighted by molar-refractivity contribution is 5.78. The molecule has 1 aliphatic heterocycles. The zero-order chi connectivity index (χ0) is 18.5. The quantitative estimate of drug-likeness (QED) is 0.703. The van der Waals surface area contributed by atoms with E-state index in [4.69, 9.17) is 0 Å². The van der Waals surface area contributed by atoms with Gasteiger partial charge in [-0.05, 0) is 29.7 Å². The third-order valence-electron chi connectivity index (χ3n) is 5.07. The summed E-state index contributed by atoms with van der Waals surface area (Å²) in [4.78, 5) is 18.1. The summed E-state index contributed by atoms with van der Waals surface area (Å²) in [6.45, 7) is 2.34. The average molecular weight is 360 g/mol. The van der Waals surface area contributed by atoms with Crippen LogP contribution in [0.5, 0.6) is 0 Å². The minimum absolute atomic E-state index is 0.126. The van der Waals surface area contributed by atoms with Gasteiger partial charge in [0.1, 0.15) is 0 Å². The molecular weight excluding hydrogens is 336 g/mol. The highest BCUT2D eigenvalue weighted by Gasteiger charge is 2.24. The summed E-state index contributed by atoms with van der Waals surface area (Å²) >= 11 is 0. The zero-order valence-electron chi connectivity index (χ0n) is 15.3. The van der Waals surface area contributed by atoms with Gasteiger partial charge in [0.05, 0.1) is 12.4 Å². The summed E-state index contributed by atoms with van der Waals surface area (Å²) in [7, 11) is 0. The van der Waals surface area contributed by atoms with Crippen molar-refractivity contribution in [3.63, 3.8) is 0 Å². The molecule has 5 heteroatoms. The molecule has 0 saturated carbocycles. The normalized spacial score (nSPS) is 15.3. The molecule has 1 saturated heterocycles. The fraction of sp³-hybridized carbons (Fsp3) is 0.273. The molecule has 5 nitrogen and oxygen atoms in total. The maximum absolute atomic E-state index is 12.1. The van der Waals surface area contributed by atoms with Crippen molar-refractivity contribution in [2.75, 3.05) is 13.1 Å². The van der Waals surface area contributed by atoms with Crippen LogP contribution >= 0.6 is 0 Å². The third-order valence-corrected chi connectivity index (χ3v) is 5.07. The van der Waals surface area contributed by atoms with Gasteiger partial charge in [-0.25, -0.2) is 4.98 Å². The smallest absolute Gasteiger partial charge is 0.222 e. The van der Waals surface area contributed by atoms with Crippen molar-refractivity contribution in [2.45, 2.75) is 25.4 Å². The monoisotopic (exact) mass is 360 g/mol. The van der Waals surface area contributed by atoms with Crippen LogP contribution in [-0.2, 0) is 11.3 Å². The van der Waals surface area contributed by atoms with E-state index >= 15 is 0 Å². The molecule has 1 aromatic heterocycles. The van der Waals surface area contributed by atoms with E-state index in [0.29, 0.717) is 6.42 Å². The van der Waals surface area contributed by atoms with Crippen LogP contribution in [0.1, 0.15) is 30.0 Å². The molecule has 1 aliphatic rings. The Labute approximate surface area is 159 Å². The van der Waals surface area contributed by atoms with Crippen LogP contribution < -0.4 is 5.32 Å². The van der Waals surface area contributed by atoms with E-state index in [1.165, 1.54) is 11.1 Å². The molecule has 27 heavy (non-hydrogen) atoms. The molecule has 138 valence electrons. The molecule has 1 amide bonds. The summed E-state index contributed by atoms with van der Waals surface area (Å²) in [5.41, 5.74) is 3.53.